The molecule has 0 aromatic heterocycles. The molecule has 0 aliphatic heterocycles. The van der Waals surface area contributed by atoms with Crippen molar-refractivity contribution in [1.29, 1.82) is 0 Å². The Kier molecular flexibility index (Phi) is 4.57. The van der Waals surface area contributed by atoms with Gasteiger partial charge < -0.3 is 4.90 Å². The number of rotatable bonds is 4. The molecule has 17 heavy (non-hydrogen) atoms. The number of aryl methyl sites for hydroxylation is 1. The average molecular weight is 245 g/mol. The number of hydrogen-bond donors (Lipinski definition) is 0. The van der Waals surface area contributed by atoms with Crippen LogP contribution >= 0.6 is 0 Å². The summed E-state index contributed by atoms with van der Waals surface area (Å²) >= 11 is 0. The van der Waals surface area contributed by atoms with Gasteiger partial charge in [0.15, 0.2) is 0 Å². The van der Waals surface area contributed by atoms with Crippen LogP contribution in [0.1, 0.15) is 30.0 Å². The van der Waals surface area contributed by atoms with Crippen molar-refractivity contribution >= 4 is 0 Å². The highest BCUT2D eigenvalue weighted by Gasteiger charge is 2.33. The molecule has 0 N–H and O–H groups in total. The molecule has 0 spiro atoms. The second-order valence-corrected chi connectivity index (χ2v) is 4.40. The summed E-state index contributed by atoms with van der Waals surface area (Å²) in [6.07, 6.45) is -3.34. The molecule has 1 aromatic rings. The first-order chi connectivity index (χ1) is 7.84. The largest absolute Gasteiger partial charge is 0.416 e. The second kappa shape index (κ2) is 5.54. The van der Waals surface area contributed by atoms with E-state index in [0.29, 0.717) is 17.7 Å². The first-order valence-electron chi connectivity index (χ1n) is 5.70. The molecule has 0 radical (unpaired) electrons. The summed E-state index contributed by atoms with van der Waals surface area (Å²) in [6.45, 7) is 4.82. The van der Waals surface area contributed by atoms with Gasteiger partial charge in [0.2, 0.25) is 0 Å². The third-order valence-corrected chi connectivity index (χ3v) is 2.62. The van der Waals surface area contributed by atoms with Gasteiger partial charge in [-0.15, -0.1) is 0 Å². The molecule has 0 aliphatic carbocycles. The van der Waals surface area contributed by atoms with Crippen molar-refractivity contribution in [3.8, 4) is 0 Å². The molecule has 0 saturated carbocycles. The highest BCUT2D eigenvalue weighted by Crippen LogP contribution is 2.33. The minimum absolute atomic E-state index is 0.336. The zero-order chi connectivity index (χ0) is 13.1. The fourth-order valence-electron chi connectivity index (χ4n) is 1.84. The van der Waals surface area contributed by atoms with Crippen molar-refractivity contribution in [2.45, 2.75) is 33.0 Å². The highest BCUT2D eigenvalue weighted by atomic mass is 19.4. The Hall–Kier alpha value is -1.03. The third-order valence-electron chi connectivity index (χ3n) is 2.62. The van der Waals surface area contributed by atoms with Gasteiger partial charge in [0.1, 0.15) is 0 Å². The molecule has 0 fully saturated rings. The minimum atomic E-state index is -4.27. The van der Waals surface area contributed by atoms with Gasteiger partial charge in [-0.2, -0.15) is 13.2 Å². The Morgan fingerprint density at radius 2 is 1.88 bits per heavy atom. The summed E-state index contributed by atoms with van der Waals surface area (Å²) in [4.78, 5) is 1.90. The summed E-state index contributed by atoms with van der Waals surface area (Å²) in [5.41, 5.74) is 0.471. The lowest BCUT2D eigenvalue weighted by Gasteiger charge is -2.19. The topological polar surface area (TPSA) is 3.24 Å². The summed E-state index contributed by atoms with van der Waals surface area (Å²) in [5.74, 6) is 0. The first kappa shape index (κ1) is 14.0. The molecular formula is C13H18F3N. The van der Waals surface area contributed by atoms with Gasteiger partial charge in [-0.1, -0.05) is 24.6 Å². The Bertz CT molecular complexity index is 371. The summed E-state index contributed by atoms with van der Waals surface area (Å²) in [7, 11) is 1.84. The lowest BCUT2D eigenvalue weighted by molar-refractivity contribution is -0.138. The van der Waals surface area contributed by atoms with Gasteiger partial charge in [-0.25, -0.2) is 0 Å². The lowest BCUT2D eigenvalue weighted by atomic mass is 10.0. The van der Waals surface area contributed by atoms with E-state index in [9.17, 15) is 13.2 Å². The highest BCUT2D eigenvalue weighted by molar-refractivity contribution is 5.33. The Morgan fingerprint density at radius 3 is 2.41 bits per heavy atom. The van der Waals surface area contributed by atoms with E-state index in [-0.39, 0.29) is 0 Å². The molecule has 1 nitrogen and oxygen atoms in total. The van der Waals surface area contributed by atoms with E-state index in [0.717, 1.165) is 13.0 Å². The molecule has 0 atom stereocenters. The van der Waals surface area contributed by atoms with Gasteiger partial charge in [-0.05, 0) is 38.6 Å². The lowest BCUT2D eigenvalue weighted by Crippen LogP contribution is -2.21. The van der Waals surface area contributed by atoms with E-state index in [1.807, 2.05) is 18.9 Å². The van der Waals surface area contributed by atoms with Gasteiger partial charge in [0.25, 0.3) is 0 Å². The SMILES string of the molecule is CCCN(C)Cc1ccc(C)cc1C(F)(F)F. The van der Waals surface area contributed by atoms with Crippen LogP contribution in [0.2, 0.25) is 0 Å². The van der Waals surface area contributed by atoms with Crippen LogP contribution in [-0.2, 0) is 12.7 Å². The maximum absolute atomic E-state index is 12.8. The van der Waals surface area contributed by atoms with Crippen molar-refractivity contribution in [3.63, 3.8) is 0 Å². The monoisotopic (exact) mass is 245 g/mol. The minimum Gasteiger partial charge on any atom is -0.302 e. The van der Waals surface area contributed by atoms with E-state index in [1.165, 1.54) is 6.07 Å². The van der Waals surface area contributed by atoms with Crippen LogP contribution in [0.3, 0.4) is 0 Å². The Labute approximate surface area is 100 Å². The zero-order valence-electron chi connectivity index (χ0n) is 10.4. The van der Waals surface area contributed by atoms with Crippen molar-refractivity contribution < 1.29 is 13.2 Å². The average Bonchev–Trinajstić information content (AvgIpc) is 2.19. The predicted molar refractivity (Wildman–Crippen MR) is 62.8 cm³/mol. The van der Waals surface area contributed by atoms with Crippen LogP contribution < -0.4 is 0 Å². The van der Waals surface area contributed by atoms with Gasteiger partial charge in [0, 0.05) is 6.54 Å². The maximum Gasteiger partial charge on any atom is 0.416 e. The standard InChI is InChI=1S/C13H18F3N/c1-4-7-17(3)9-11-6-5-10(2)8-12(11)13(14,15)16/h5-6,8H,4,7,9H2,1-3H3. The predicted octanol–water partition coefficient (Wildman–Crippen LogP) is 3.86. The molecule has 96 valence electrons. The van der Waals surface area contributed by atoms with Gasteiger partial charge in [0.05, 0.1) is 5.56 Å². The zero-order valence-corrected chi connectivity index (χ0v) is 10.4. The fraction of sp³-hybridized carbons (Fsp3) is 0.538. The number of halogens is 3. The maximum atomic E-state index is 12.8. The molecule has 1 rings (SSSR count). The van der Waals surface area contributed by atoms with E-state index in [4.69, 9.17) is 0 Å². The number of hydrogen-bond acceptors (Lipinski definition) is 1. The Morgan fingerprint density at radius 1 is 1.24 bits per heavy atom. The Balaban J connectivity index is 2.99. The molecule has 0 aliphatic rings. The van der Waals surface area contributed by atoms with Crippen LogP contribution in [0, 0.1) is 6.92 Å². The van der Waals surface area contributed by atoms with Crippen LogP contribution in [0.4, 0.5) is 13.2 Å². The smallest absolute Gasteiger partial charge is 0.302 e. The molecule has 4 heteroatoms. The van der Waals surface area contributed by atoms with Gasteiger partial charge in [-0.3, -0.25) is 0 Å². The number of benzene rings is 1. The van der Waals surface area contributed by atoms with Crippen molar-refractivity contribution in [3.05, 3.63) is 34.9 Å². The van der Waals surface area contributed by atoms with Crippen molar-refractivity contribution in [1.82, 2.24) is 4.90 Å². The molecule has 0 saturated heterocycles. The molecule has 0 bridgehead atoms. The summed E-state index contributed by atoms with van der Waals surface area (Å²) in [6, 6.07) is 4.52. The van der Waals surface area contributed by atoms with Crippen molar-refractivity contribution in [2.24, 2.45) is 0 Å². The van der Waals surface area contributed by atoms with E-state index in [2.05, 4.69) is 0 Å². The number of alkyl halides is 3. The van der Waals surface area contributed by atoms with E-state index < -0.39 is 11.7 Å². The molecule has 1 aromatic carbocycles. The third kappa shape index (κ3) is 4.04. The van der Waals surface area contributed by atoms with Gasteiger partial charge >= 0.3 is 6.18 Å². The van der Waals surface area contributed by atoms with Crippen LogP contribution in [0.15, 0.2) is 18.2 Å². The second-order valence-electron chi connectivity index (χ2n) is 4.40. The summed E-state index contributed by atoms with van der Waals surface area (Å²) < 4.78 is 38.5. The van der Waals surface area contributed by atoms with E-state index in [1.54, 1.807) is 19.1 Å². The molecule has 0 unspecified atom stereocenters. The van der Waals surface area contributed by atoms with Crippen molar-refractivity contribution in [2.75, 3.05) is 13.6 Å². The van der Waals surface area contributed by atoms with Crippen LogP contribution in [-0.4, -0.2) is 18.5 Å². The number of nitrogens with zero attached hydrogens (tertiary/aromatic N) is 1. The fourth-order valence-corrected chi connectivity index (χ4v) is 1.84. The molecule has 0 amide bonds. The first-order valence-corrected chi connectivity index (χ1v) is 5.70. The normalized spacial score (nSPS) is 12.2. The van der Waals surface area contributed by atoms with Crippen LogP contribution in [0.25, 0.3) is 0 Å². The molecule has 0 heterocycles. The molecular weight excluding hydrogens is 227 g/mol. The summed E-state index contributed by atoms with van der Waals surface area (Å²) in [5, 5.41) is 0. The van der Waals surface area contributed by atoms with E-state index >= 15 is 0 Å². The quantitative estimate of drug-likeness (QED) is 0.778. The van der Waals surface area contributed by atoms with Crippen LogP contribution in [0.5, 0.6) is 0 Å².